The fourth-order valence-electron chi connectivity index (χ4n) is 1.63. The molecule has 4 heteroatoms. The molecule has 0 bridgehead atoms. The zero-order chi connectivity index (χ0) is 11.7. The maximum absolute atomic E-state index is 12.3. The van der Waals surface area contributed by atoms with Gasteiger partial charge in [0.2, 0.25) is 5.78 Å². The van der Waals surface area contributed by atoms with Crippen molar-refractivity contribution in [3.05, 3.63) is 56.9 Å². The smallest absolute Gasteiger partial charge is 0.204 e. The number of hydrogen-bond acceptors (Lipinski definition) is 4. The predicted octanol–water partition coefficient (Wildman–Crippen LogP) is 4.77. The second-order valence-electron chi connectivity index (χ2n) is 3.45. The molecule has 0 fully saturated rings. The van der Waals surface area contributed by atoms with Gasteiger partial charge in [-0.2, -0.15) is 0 Å². The summed E-state index contributed by atoms with van der Waals surface area (Å²) < 4.78 is 0. The Morgan fingerprint density at radius 3 is 2.41 bits per heavy atom. The van der Waals surface area contributed by atoms with E-state index in [4.69, 9.17) is 0 Å². The van der Waals surface area contributed by atoms with Crippen molar-refractivity contribution in [2.75, 3.05) is 0 Å². The van der Waals surface area contributed by atoms with Crippen LogP contribution < -0.4 is 0 Å². The Morgan fingerprint density at radius 1 is 0.882 bits per heavy atom. The first-order valence-corrected chi connectivity index (χ1v) is 7.70. The van der Waals surface area contributed by atoms with Crippen molar-refractivity contribution in [1.82, 2.24) is 0 Å². The molecule has 3 rings (SSSR count). The molecule has 0 aliphatic carbocycles. The Labute approximate surface area is 111 Å². The van der Waals surface area contributed by atoms with Crippen molar-refractivity contribution in [2.45, 2.75) is 0 Å². The summed E-state index contributed by atoms with van der Waals surface area (Å²) >= 11 is 4.79. The van der Waals surface area contributed by atoms with Gasteiger partial charge < -0.3 is 0 Å². The summed E-state index contributed by atoms with van der Waals surface area (Å²) in [6.45, 7) is 0. The van der Waals surface area contributed by atoms with Crippen molar-refractivity contribution < 1.29 is 4.79 Å². The molecule has 0 radical (unpaired) electrons. The first-order valence-electron chi connectivity index (χ1n) is 5.06. The summed E-state index contributed by atoms with van der Waals surface area (Å²) in [5.74, 6) is 0.129. The molecular formula is C13H8OS3. The largest absolute Gasteiger partial charge is 0.288 e. The maximum atomic E-state index is 12.3. The van der Waals surface area contributed by atoms with Crippen molar-refractivity contribution in [3.8, 4) is 9.75 Å². The third kappa shape index (κ3) is 1.99. The van der Waals surface area contributed by atoms with Crippen LogP contribution in [0.2, 0.25) is 0 Å². The SMILES string of the molecule is O=C(c1cccs1)c1ccsc1-c1cccs1. The Balaban J connectivity index is 2.05. The molecule has 0 saturated heterocycles. The molecule has 3 aromatic rings. The molecular weight excluding hydrogens is 268 g/mol. The van der Waals surface area contributed by atoms with Crippen LogP contribution in [-0.4, -0.2) is 5.78 Å². The zero-order valence-electron chi connectivity index (χ0n) is 8.75. The third-order valence-electron chi connectivity index (χ3n) is 2.40. The topological polar surface area (TPSA) is 17.1 Å². The molecule has 0 aliphatic rings. The average molecular weight is 276 g/mol. The second-order valence-corrected chi connectivity index (χ2v) is 6.26. The monoisotopic (exact) mass is 276 g/mol. The van der Waals surface area contributed by atoms with Crippen LogP contribution >= 0.6 is 34.0 Å². The van der Waals surface area contributed by atoms with Gasteiger partial charge in [0.15, 0.2) is 0 Å². The summed E-state index contributed by atoms with van der Waals surface area (Å²) in [5, 5.41) is 5.95. The Bertz CT molecular complexity index is 617. The highest BCUT2D eigenvalue weighted by molar-refractivity contribution is 7.20. The van der Waals surface area contributed by atoms with Crippen LogP contribution in [0.3, 0.4) is 0 Å². The number of hydrogen-bond donors (Lipinski definition) is 0. The maximum Gasteiger partial charge on any atom is 0.204 e. The zero-order valence-corrected chi connectivity index (χ0v) is 11.2. The van der Waals surface area contributed by atoms with Gasteiger partial charge in [0.1, 0.15) is 0 Å². The molecule has 84 valence electrons. The minimum Gasteiger partial charge on any atom is -0.288 e. The Kier molecular flexibility index (Phi) is 2.93. The molecule has 0 aliphatic heterocycles. The van der Waals surface area contributed by atoms with E-state index in [1.165, 1.54) is 16.2 Å². The van der Waals surface area contributed by atoms with Crippen LogP contribution in [0.25, 0.3) is 9.75 Å². The first-order chi connectivity index (χ1) is 8.36. The molecule has 0 N–H and O–H groups in total. The van der Waals surface area contributed by atoms with E-state index >= 15 is 0 Å². The van der Waals surface area contributed by atoms with Gasteiger partial charge >= 0.3 is 0 Å². The van der Waals surface area contributed by atoms with Crippen molar-refractivity contribution in [3.63, 3.8) is 0 Å². The molecule has 17 heavy (non-hydrogen) atoms. The fraction of sp³-hybridized carbons (Fsp3) is 0. The fourth-order valence-corrected chi connectivity index (χ4v) is 4.08. The molecule has 0 spiro atoms. The van der Waals surface area contributed by atoms with E-state index in [1.807, 2.05) is 40.4 Å². The van der Waals surface area contributed by atoms with Gasteiger partial charge in [-0.3, -0.25) is 4.79 Å². The van der Waals surface area contributed by atoms with E-state index in [-0.39, 0.29) is 5.78 Å². The highest BCUT2D eigenvalue weighted by Gasteiger charge is 2.17. The molecule has 0 saturated carbocycles. The lowest BCUT2D eigenvalue weighted by atomic mass is 10.1. The number of rotatable bonds is 3. The normalized spacial score (nSPS) is 10.6. The molecule has 0 atom stereocenters. The summed E-state index contributed by atoms with van der Waals surface area (Å²) in [6, 6.07) is 9.78. The van der Waals surface area contributed by atoms with E-state index in [0.717, 1.165) is 15.3 Å². The number of thiophene rings is 3. The number of carbonyl (C=O) groups is 1. The van der Waals surface area contributed by atoms with Crippen LogP contribution in [-0.2, 0) is 0 Å². The quantitative estimate of drug-likeness (QED) is 0.630. The van der Waals surface area contributed by atoms with Crippen LogP contribution in [0.15, 0.2) is 46.5 Å². The van der Waals surface area contributed by atoms with Crippen LogP contribution in [0.5, 0.6) is 0 Å². The average Bonchev–Trinajstić information content (AvgIpc) is 3.09. The highest BCUT2D eigenvalue weighted by atomic mass is 32.1. The van der Waals surface area contributed by atoms with Gasteiger partial charge in [0.25, 0.3) is 0 Å². The van der Waals surface area contributed by atoms with E-state index in [0.29, 0.717) is 0 Å². The summed E-state index contributed by atoms with van der Waals surface area (Å²) in [7, 11) is 0. The second kappa shape index (κ2) is 4.56. The van der Waals surface area contributed by atoms with Crippen molar-refractivity contribution in [2.24, 2.45) is 0 Å². The van der Waals surface area contributed by atoms with Gasteiger partial charge in [-0.1, -0.05) is 12.1 Å². The van der Waals surface area contributed by atoms with E-state index in [9.17, 15) is 4.79 Å². The van der Waals surface area contributed by atoms with Crippen molar-refractivity contribution in [1.29, 1.82) is 0 Å². The molecule has 3 heterocycles. The van der Waals surface area contributed by atoms with Crippen LogP contribution in [0.4, 0.5) is 0 Å². The van der Waals surface area contributed by atoms with Gasteiger partial charge in [0.05, 0.1) is 9.75 Å². The van der Waals surface area contributed by atoms with Crippen LogP contribution in [0.1, 0.15) is 15.2 Å². The lowest BCUT2D eigenvalue weighted by Gasteiger charge is -1.98. The van der Waals surface area contributed by atoms with E-state index < -0.39 is 0 Å². The predicted molar refractivity (Wildman–Crippen MR) is 75.4 cm³/mol. The molecule has 0 aromatic carbocycles. The number of carbonyl (C=O) groups excluding carboxylic acids is 1. The molecule has 3 aromatic heterocycles. The third-order valence-corrected chi connectivity index (χ3v) is 5.23. The Morgan fingerprint density at radius 2 is 1.71 bits per heavy atom. The van der Waals surface area contributed by atoms with Gasteiger partial charge in [0, 0.05) is 10.4 Å². The number of ketones is 1. The molecule has 1 nitrogen and oxygen atoms in total. The van der Waals surface area contributed by atoms with Gasteiger partial charge in [-0.05, 0) is 34.3 Å². The standard InChI is InChI=1S/C13H8OS3/c14-12(10-3-1-6-15-10)9-5-8-17-13(9)11-4-2-7-16-11/h1-8H. The van der Waals surface area contributed by atoms with Gasteiger partial charge in [-0.25, -0.2) is 0 Å². The van der Waals surface area contributed by atoms with Crippen molar-refractivity contribution >= 4 is 39.8 Å². The van der Waals surface area contributed by atoms with E-state index in [2.05, 4.69) is 6.07 Å². The summed E-state index contributed by atoms with van der Waals surface area (Å²) in [6.07, 6.45) is 0. The minimum absolute atomic E-state index is 0.129. The first kappa shape index (κ1) is 10.9. The highest BCUT2D eigenvalue weighted by Crippen LogP contribution is 2.34. The Hall–Kier alpha value is -1.23. The summed E-state index contributed by atoms with van der Waals surface area (Å²) in [4.78, 5) is 15.4. The minimum atomic E-state index is 0.129. The molecule has 0 unspecified atom stereocenters. The van der Waals surface area contributed by atoms with Gasteiger partial charge in [-0.15, -0.1) is 34.0 Å². The lowest BCUT2D eigenvalue weighted by Crippen LogP contribution is -1.97. The summed E-state index contributed by atoms with van der Waals surface area (Å²) in [5.41, 5.74) is 0.819. The van der Waals surface area contributed by atoms with E-state index in [1.54, 1.807) is 22.7 Å². The molecule has 0 amide bonds. The lowest BCUT2D eigenvalue weighted by molar-refractivity contribution is 0.104. The van der Waals surface area contributed by atoms with Crippen LogP contribution in [0, 0.1) is 0 Å².